The third kappa shape index (κ3) is 4.34. The molecule has 0 spiro atoms. The second-order valence-electron chi connectivity index (χ2n) is 4.57. The van der Waals surface area contributed by atoms with E-state index >= 15 is 0 Å². The SMILES string of the molecule is CC(Cc1ccc(O)cc1)Nc1cc(Cl)cc(Cl)c1. The van der Waals surface area contributed by atoms with Crippen LogP contribution in [0, 0.1) is 0 Å². The Morgan fingerprint density at radius 2 is 1.63 bits per heavy atom. The average molecular weight is 296 g/mol. The third-order valence-electron chi connectivity index (χ3n) is 2.75. The number of rotatable bonds is 4. The summed E-state index contributed by atoms with van der Waals surface area (Å²) in [4.78, 5) is 0. The first-order valence-electron chi connectivity index (χ1n) is 6.03. The van der Waals surface area contributed by atoms with E-state index in [9.17, 15) is 5.11 Å². The summed E-state index contributed by atoms with van der Waals surface area (Å²) in [6, 6.07) is 12.9. The van der Waals surface area contributed by atoms with E-state index in [4.69, 9.17) is 23.2 Å². The summed E-state index contributed by atoms with van der Waals surface area (Å²) in [5, 5.41) is 13.8. The summed E-state index contributed by atoms with van der Waals surface area (Å²) >= 11 is 11.9. The van der Waals surface area contributed by atoms with Crippen molar-refractivity contribution in [2.45, 2.75) is 19.4 Å². The summed E-state index contributed by atoms with van der Waals surface area (Å²) < 4.78 is 0. The zero-order chi connectivity index (χ0) is 13.8. The number of aromatic hydroxyl groups is 1. The first kappa shape index (κ1) is 14.0. The van der Waals surface area contributed by atoms with Gasteiger partial charge in [0, 0.05) is 21.8 Å². The average Bonchev–Trinajstić information content (AvgIpc) is 2.30. The number of phenols is 1. The normalized spacial score (nSPS) is 12.2. The number of hydrogen-bond donors (Lipinski definition) is 2. The van der Waals surface area contributed by atoms with Crippen LogP contribution in [0.3, 0.4) is 0 Å². The number of anilines is 1. The van der Waals surface area contributed by atoms with Crippen molar-refractivity contribution in [2.24, 2.45) is 0 Å². The molecule has 0 radical (unpaired) electrons. The summed E-state index contributed by atoms with van der Waals surface area (Å²) in [5.74, 6) is 0.283. The topological polar surface area (TPSA) is 32.3 Å². The van der Waals surface area contributed by atoms with Crippen molar-refractivity contribution in [1.82, 2.24) is 0 Å². The van der Waals surface area contributed by atoms with Crippen molar-refractivity contribution >= 4 is 28.9 Å². The highest BCUT2D eigenvalue weighted by Crippen LogP contribution is 2.23. The number of halogens is 2. The van der Waals surface area contributed by atoms with Crippen molar-refractivity contribution in [3.8, 4) is 5.75 Å². The van der Waals surface area contributed by atoms with E-state index in [2.05, 4.69) is 12.2 Å². The van der Waals surface area contributed by atoms with E-state index in [-0.39, 0.29) is 11.8 Å². The molecule has 100 valence electrons. The Labute approximate surface area is 123 Å². The molecule has 0 fully saturated rings. The Morgan fingerprint density at radius 1 is 1.05 bits per heavy atom. The quantitative estimate of drug-likeness (QED) is 0.854. The van der Waals surface area contributed by atoms with E-state index < -0.39 is 0 Å². The van der Waals surface area contributed by atoms with Crippen LogP contribution in [0.1, 0.15) is 12.5 Å². The molecule has 0 aliphatic heterocycles. The third-order valence-corrected chi connectivity index (χ3v) is 3.19. The summed E-state index contributed by atoms with van der Waals surface area (Å²) in [6.45, 7) is 2.08. The van der Waals surface area contributed by atoms with E-state index in [1.54, 1.807) is 18.2 Å². The zero-order valence-corrected chi connectivity index (χ0v) is 12.0. The fourth-order valence-electron chi connectivity index (χ4n) is 1.96. The molecule has 2 aromatic carbocycles. The summed E-state index contributed by atoms with van der Waals surface area (Å²) in [6.07, 6.45) is 0.852. The van der Waals surface area contributed by atoms with Gasteiger partial charge in [0.1, 0.15) is 5.75 Å². The lowest BCUT2D eigenvalue weighted by molar-refractivity contribution is 0.475. The van der Waals surface area contributed by atoms with Crippen molar-refractivity contribution in [3.63, 3.8) is 0 Å². The predicted octanol–water partition coefficient (Wildman–Crippen LogP) is 4.74. The van der Waals surface area contributed by atoms with Crippen LogP contribution in [0.15, 0.2) is 42.5 Å². The Hall–Kier alpha value is -1.38. The molecule has 4 heteroatoms. The first-order chi connectivity index (χ1) is 9.02. The molecule has 1 unspecified atom stereocenters. The lowest BCUT2D eigenvalue weighted by Gasteiger charge is -2.16. The number of phenolic OH excluding ortho intramolecular Hbond substituents is 1. The van der Waals surface area contributed by atoms with Gasteiger partial charge in [-0.3, -0.25) is 0 Å². The molecule has 0 aliphatic rings. The lowest BCUT2D eigenvalue weighted by atomic mass is 10.1. The van der Waals surface area contributed by atoms with Gasteiger partial charge in [-0.2, -0.15) is 0 Å². The van der Waals surface area contributed by atoms with Gasteiger partial charge in [-0.15, -0.1) is 0 Å². The highest BCUT2D eigenvalue weighted by Gasteiger charge is 2.05. The summed E-state index contributed by atoms with van der Waals surface area (Å²) in [5.41, 5.74) is 2.06. The van der Waals surface area contributed by atoms with Gasteiger partial charge in [-0.25, -0.2) is 0 Å². The molecule has 0 saturated heterocycles. The minimum absolute atomic E-state index is 0.235. The van der Waals surface area contributed by atoms with E-state index in [0.29, 0.717) is 10.0 Å². The molecule has 0 aliphatic carbocycles. The highest BCUT2D eigenvalue weighted by atomic mass is 35.5. The van der Waals surface area contributed by atoms with Crippen molar-refractivity contribution in [3.05, 3.63) is 58.1 Å². The van der Waals surface area contributed by atoms with Crippen LogP contribution in [0.4, 0.5) is 5.69 Å². The molecule has 19 heavy (non-hydrogen) atoms. The van der Waals surface area contributed by atoms with Crippen LogP contribution >= 0.6 is 23.2 Å². The standard InChI is InChI=1S/C15H15Cl2NO/c1-10(6-11-2-4-15(19)5-3-11)18-14-8-12(16)7-13(17)9-14/h2-5,7-10,18-19H,6H2,1H3. The minimum Gasteiger partial charge on any atom is -0.508 e. The van der Waals surface area contributed by atoms with Crippen LogP contribution < -0.4 is 5.32 Å². The fourth-order valence-corrected chi connectivity index (χ4v) is 2.48. The summed E-state index contributed by atoms with van der Waals surface area (Å²) in [7, 11) is 0. The molecule has 2 aromatic rings. The zero-order valence-electron chi connectivity index (χ0n) is 10.5. The molecular weight excluding hydrogens is 281 g/mol. The molecule has 2 N–H and O–H groups in total. The highest BCUT2D eigenvalue weighted by molar-refractivity contribution is 6.35. The molecule has 0 saturated carbocycles. The fraction of sp³-hybridized carbons (Fsp3) is 0.200. The Morgan fingerprint density at radius 3 is 2.21 bits per heavy atom. The van der Waals surface area contributed by atoms with E-state index in [0.717, 1.165) is 17.7 Å². The molecule has 1 atom stereocenters. The van der Waals surface area contributed by atoms with Crippen molar-refractivity contribution in [1.29, 1.82) is 0 Å². The Balaban J connectivity index is 2.00. The number of hydrogen-bond acceptors (Lipinski definition) is 2. The smallest absolute Gasteiger partial charge is 0.115 e. The molecular formula is C15H15Cl2NO. The lowest BCUT2D eigenvalue weighted by Crippen LogP contribution is -2.17. The van der Waals surface area contributed by atoms with Gasteiger partial charge >= 0.3 is 0 Å². The largest absolute Gasteiger partial charge is 0.508 e. The van der Waals surface area contributed by atoms with Gasteiger partial charge in [-0.05, 0) is 49.2 Å². The first-order valence-corrected chi connectivity index (χ1v) is 6.79. The van der Waals surface area contributed by atoms with Crippen molar-refractivity contribution < 1.29 is 5.11 Å². The molecule has 2 rings (SSSR count). The second kappa shape index (κ2) is 6.18. The minimum atomic E-state index is 0.235. The van der Waals surface area contributed by atoms with Crippen molar-refractivity contribution in [2.75, 3.05) is 5.32 Å². The molecule has 2 nitrogen and oxygen atoms in total. The van der Waals surface area contributed by atoms with Gasteiger partial charge in [0.15, 0.2) is 0 Å². The molecule has 0 aromatic heterocycles. The Kier molecular flexibility index (Phi) is 4.56. The molecule has 0 heterocycles. The van der Waals surface area contributed by atoms with Gasteiger partial charge in [0.25, 0.3) is 0 Å². The van der Waals surface area contributed by atoms with Crippen LogP contribution in [-0.2, 0) is 6.42 Å². The molecule has 0 bridgehead atoms. The maximum atomic E-state index is 9.24. The van der Waals surface area contributed by atoms with Gasteiger partial charge in [-0.1, -0.05) is 35.3 Å². The van der Waals surface area contributed by atoms with Crippen LogP contribution in [0.5, 0.6) is 5.75 Å². The second-order valence-corrected chi connectivity index (χ2v) is 5.45. The number of nitrogens with one attached hydrogen (secondary N) is 1. The maximum absolute atomic E-state index is 9.24. The van der Waals surface area contributed by atoms with Crippen LogP contribution in [0.25, 0.3) is 0 Å². The van der Waals surface area contributed by atoms with Crippen LogP contribution in [-0.4, -0.2) is 11.1 Å². The molecule has 0 amide bonds. The van der Waals surface area contributed by atoms with E-state index in [1.807, 2.05) is 24.3 Å². The monoisotopic (exact) mass is 295 g/mol. The Bertz CT molecular complexity index is 534. The van der Waals surface area contributed by atoms with Gasteiger partial charge in [0.2, 0.25) is 0 Å². The maximum Gasteiger partial charge on any atom is 0.115 e. The predicted molar refractivity (Wildman–Crippen MR) is 81.4 cm³/mol. The van der Waals surface area contributed by atoms with E-state index in [1.165, 1.54) is 0 Å². The van der Waals surface area contributed by atoms with Gasteiger partial charge in [0.05, 0.1) is 0 Å². The van der Waals surface area contributed by atoms with Crippen LogP contribution in [0.2, 0.25) is 10.0 Å². The number of benzene rings is 2. The van der Waals surface area contributed by atoms with Gasteiger partial charge < -0.3 is 10.4 Å².